The van der Waals surface area contributed by atoms with Crippen molar-refractivity contribution in [2.24, 2.45) is 0 Å². The van der Waals surface area contributed by atoms with Gasteiger partial charge in [0.05, 0.1) is 5.02 Å². The summed E-state index contributed by atoms with van der Waals surface area (Å²) in [4.78, 5) is 25.0. The third kappa shape index (κ3) is 7.72. The topological polar surface area (TPSA) is 69.6 Å². The maximum absolute atomic E-state index is 11.2. The van der Waals surface area contributed by atoms with Gasteiger partial charge < -0.3 is 10.4 Å². The molecule has 1 aromatic carbocycles. The van der Waals surface area contributed by atoms with Crippen molar-refractivity contribution < 1.29 is 14.7 Å². The molecule has 0 spiro atoms. The minimum Gasteiger partial charge on any atom is -0.480 e. The van der Waals surface area contributed by atoms with Gasteiger partial charge in [0.15, 0.2) is 0 Å². The van der Waals surface area contributed by atoms with Crippen LogP contribution in [0.5, 0.6) is 0 Å². The Hall–Kier alpha value is -1.24. The van der Waals surface area contributed by atoms with E-state index in [1.54, 1.807) is 18.7 Å². The standard InChI is InChI=1S/C16H23ClN2O3S/c1-12(16(21)22)19(10-8-18-13(2)20)9-5-11-23-15-7-4-3-6-14(15)17/h3-4,6-7,12H,5,8-11H2,1-2H3,(H,18,20)(H,21,22). The number of rotatable bonds is 10. The molecule has 1 unspecified atom stereocenters. The summed E-state index contributed by atoms with van der Waals surface area (Å²) >= 11 is 7.77. The molecule has 0 fully saturated rings. The van der Waals surface area contributed by atoms with Gasteiger partial charge in [-0.25, -0.2) is 0 Å². The summed E-state index contributed by atoms with van der Waals surface area (Å²) in [5, 5.41) is 12.6. The number of carboxylic acid groups (broad SMARTS) is 1. The van der Waals surface area contributed by atoms with E-state index in [-0.39, 0.29) is 5.91 Å². The molecule has 7 heteroatoms. The number of benzene rings is 1. The van der Waals surface area contributed by atoms with Crippen LogP contribution in [0.3, 0.4) is 0 Å². The normalized spacial score (nSPS) is 12.2. The number of thioether (sulfide) groups is 1. The molecule has 0 bridgehead atoms. The number of amides is 1. The number of nitrogens with one attached hydrogen (secondary N) is 1. The van der Waals surface area contributed by atoms with E-state index in [9.17, 15) is 14.7 Å². The number of aliphatic carboxylic acids is 1. The van der Waals surface area contributed by atoms with Crippen molar-refractivity contribution in [2.75, 3.05) is 25.4 Å². The Balaban J connectivity index is 2.42. The quantitative estimate of drug-likeness (QED) is 0.497. The fourth-order valence-electron chi connectivity index (χ4n) is 2.04. The molecular formula is C16H23ClN2O3S. The van der Waals surface area contributed by atoms with Gasteiger partial charge >= 0.3 is 5.97 Å². The number of carbonyl (C=O) groups excluding carboxylic acids is 1. The third-order valence-corrected chi connectivity index (χ3v) is 4.96. The molecule has 0 saturated carbocycles. The molecule has 1 aromatic rings. The van der Waals surface area contributed by atoms with Crippen molar-refractivity contribution in [3.63, 3.8) is 0 Å². The number of hydrogen-bond acceptors (Lipinski definition) is 4. The van der Waals surface area contributed by atoms with Crippen molar-refractivity contribution >= 4 is 35.2 Å². The lowest BCUT2D eigenvalue weighted by Crippen LogP contribution is -2.43. The fraction of sp³-hybridized carbons (Fsp3) is 0.500. The van der Waals surface area contributed by atoms with Gasteiger partial charge in [0.25, 0.3) is 0 Å². The molecule has 5 nitrogen and oxygen atoms in total. The molecule has 1 atom stereocenters. The molecule has 128 valence electrons. The first kappa shape index (κ1) is 19.8. The highest BCUT2D eigenvalue weighted by atomic mass is 35.5. The minimum atomic E-state index is -0.855. The number of halogens is 1. The van der Waals surface area contributed by atoms with E-state index in [0.717, 1.165) is 22.1 Å². The summed E-state index contributed by atoms with van der Waals surface area (Å²) in [5.74, 6) is -0.110. The molecule has 2 N–H and O–H groups in total. The molecule has 23 heavy (non-hydrogen) atoms. The molecule has 0 aliphatic heterocycles. The van der Waals surface area contributed by atoms with Crippen LogP contribution < -0.4 is 5.32 Å². The van der Waals surface area contributed by atoms with Crippen LogP contribution in [-0.2, 0) is 9.59 Å². The monoisotopic (exact) mass is 358 g/mol. The van der Waals surface area contributed by atoms with Crippen LogP contribution in [0, 0.1) is 0 Å². The predicted octanol–water partition coefficient (Wildman–Crippen LogP) is 2.73. The van der Waals surface area contributed by atoms with Gasteiger partial charge in [-0.05, 0) is 37.8 Å². The summed E-state index contributed by atoms with van der Waals surface area (Å²) < 4.78 is 0. The molecule has 0 aliphatic rings. The second-order valence-corrected chi connectivity index (χ2v) is 6.71. The largest absolute Gasteiger partial charge is 0.480 e. The summed E-state index contributed by atoms with van der Waals surface area (Å²) in [6.45, 7) is 4.74. The van der Waals surface area contributed by atoms with E-state index in [4.69, 9.17) is 11.6 Å². The first-order valence-corrected chi connectivity index (χ1v) is 8.86. The van der Waals surface area contributed by atoms with Gasteiger partial charge in [-0.1, -0.05) is 23.7 Å². The van der Waals surface area contributed by atoms with Crippen molar-refractivity contribution in [3.8, 4) is 0 Å². The highest BCUT2D eigenvalue weighted by Gasteiger charge is 2.19. The SMILES string of the molecule is CC(=O)NCCN(CCCSc1ccccc1Cl)C(C)C(=O)O. The van der Waals surface area contributed by atoms with Gasteiger partial charge in [-0.2, -0.15) is 0 Å². The van der Waals surface area contributed by atoms with E-state index in [0.29, 0.717) is 19.6 Å². The van der Waals surface area contributed by atoms with E-state index < -0.39 is 12.0 Å². The third-order valence-electron chi connectivity index (χ3n) is 3.36. The van der Waals surface area contributed by atoms with Gasteiger partial charge in [0.2, 0.25) is 5.91 Å². The predicted molar refractivity (Wildman–Crippen MR) is 94.1 cm³/mol. The van der Waals surface area contributed by atoms with E-state index in [2.05, 4.69) is 5.32 Å². The Morgan fingerprint density at radius 2 is 2.04 bits per heavy atom. The van der Waals surface area contributed by atoms with Gasteiger partial charge in [-0.15, -0.1) is 11.8 Å². The van der Waals surface area contributed by atoms with E-state index >= 15 is 0 Å². The van der Waals surface area contributed by atoms with Crippen molar-refractivity contribution in [1.29, 1.82) is 0 Å². The van der Waals surface area contributed by atoms with Crippen LogP contribution in [0.2, 0.25) is 5.02 Å². The number of carboxylic acids is 1. The molecular weight excluding hydrogens is 336 g/mol. The minimum absolute atomic E-state index is 0.109. The summed E-state index contributed by atoms with van der Waals surface area (Å²) in [7, 11) is 0. The summed E-state index contributed by atoms with van der Waals surface area (Å²) in [5.41, 5.74) is 0. The van der Waals surface area contributed by atoms with Crippen LogP contribution >= 0.6 is 23.4 Å². The van der Waals surface area contributed by atoms with Crippen LogP contribution in [0.15, 0.2) is 29.2 Å². The lowest BCUT2D eigenvalue weighted by molar-refractivity contribution is -0.142. The Morgan fingerprint density at radius 1 is 1.35 bits per heavy atom. The maximum atomic E-state index is 11.2. The van der Waals surface area contributed by atoms with Crippen LogP contribution in [0.1, 0.15) is 20.3 Å². The molecule has 1 rings (SSSR count). The average Bonchev–Trinajstić information content (AvgIpc) is 2.50. The molecule has 0 aromatic heterocycles. The van der Waals surface area contributed by atoms with Gasteiger partial charge in [-0.3, -0.25) is 14.5 Å². The number of nitrogens with zero attached hydrogens (tertiary/aromatic N) is 1. The Kier molecular flexibility index (Phi) is 9.06. The summed E-state index contributed by atoms with van der Waals surface area (Å²) in [6, 6.07) is 7.09. The van der Waals surface area contributed by atoms with Crippen molar-refractivity contribution in [3.05, 3.63) is 29.3 Å². The maximum Gasteiger partial charge on any atom is 0.320 e. The Morgan fingerprint density at radius 3 is 2.65 bits per heavy atom. The van der Waals surface area contributed by atoms with Crippen molar-refractivity contribution in [1.82, 2.24) is 10.2 Å². The lowest BCUT2D eigenvalue weighted by atomic mass is 10.2. The molecule has 0 radical (unpaired) electrons. The number of hydrogen-bond donors (Lipinski definition) is 2. The Bertz CT molecular complexity index is 528. The van der Waals surface area contributed by atoms with Crippen LogP contribution in [0.25, 0.3) is 0 Å². The summed E-state index contributed by atoms with van der Waals surface area (Å²) in [6.07, 6.45) is 0.841. The van der Waals surface area contributed by atoms with Crippen LogP contribution in [-0.4, -0.2) is 53.3 Å². The highest BCUT2D eigenvalue weighted by Crippen LogP contribution is 2.26. The van der Waals surface area contributed by atoms with Gasteiger partial charge in [0.1, 0.15) is 6.04 Å². The average molecular weight is 359 g/mol. The first-order chi connectivity index (χ1) is 10.9. The number of carbonyl (C=O) groups is 2. The fourth-order valence-corrected chi connectivity index (χ4v) is 3.22. The molecule has 0 heterocycles. The zero-order valence-electron chi connectivity index (χ0n) is 13.4. The zero-order chi connectivity index (χ0) is 17.2. The van der Waals surface area contributed by atoms with Gasteiger partial charge in [0, 0.05) is 24.9 Å². The van der Waals surface area contributed by atoms with Crippen molar-refractivity contribution in [2.45, 2.75) is 31.2 Å². The zero-order valence-corrected chi connectivity index (χ0v) is 15.0. The van der Waals surface area contributed by atoms with E-state index in [1.807, 2.05) is 29.2 Å². The molecule has 0 aliphatic carbocycles. The highest BCUT2D eigenvalue weighted by molar-refractivity contribution is 7.99. The molecule has 0 saturated heterocycles. The first-order valence-electron chi connectivity index (χ1n) is 7.50. The lowest BCUT2D eigenvalue weighted by Gasteiger charge is -2.26. The second kappa shape index (κ2) is 10.5. The van der Waals surface area contributed by atoms with Crippen LogP contribution in [0.4, 0.5) is 0 Å². The Labute approximate surface area is 146 Å². The second-order valence-electron chi connectivity index (χ2n) is 5.17. The van der Waals surface area contributed by atoms with E-state index in [1.165, 1.54) is 6.92 Å². The molecule has 1 amide bonds. The smallest absolute Gasteiger partial charge is 0.320 e.